The fraction of sp³-hybridized carbons (Fsp3) is 0.909. The van der Waals surface area contributed by atoms with Crippen LogP contribution >= 0.6 is 0 Å². The van der Waals surface area contributed by atoms with Crippen LogP contribution in [-0.4, -0.2) is 19.1 Å². The lowest BCUT2D eigenvalue weighted by molar-refractivity contribution is 0.723. The Kier molecular flexibility index (Phi) is 10.8. The minimum Gasteiger partial charge on any atom is -0.226 e. The average Bonchev–Trinajstić information content (AvgIpc) is 2.16. The van der Waals surface area contributed by atoms with Crippen molar-refractivity contribution in [1.29, 1.82) is 0 Å². The first-order chi connectivity index (χ1) is 6.41. The van der Waals surface area contributed by atoms with E-state index in [1.807, 2.05) is 0 Å². The molecule has 0 saturated heterocycles. The van der Waals surface area contributed by atoms with Crippen molar-refractivity contribution in [1.82, 2.24) is 0 Å². The van der Waals surface area contributed by atoms with Gasteiger partial charge in [0.25, 0.3) is 0 Å². The van der Waals surface area contributed by atoms with Gasteiger partial charge in [0.2, 0.25) is 0 Å². The van der Waals surface area contributed by atoms with Crippen LogP contribution in [0, 0.1) is 0 Å². The fourth-order valence-corrected chi connectivity index (χ4v) is 1.03. The van der Waals surface area contributed by atoms with Gasteiger partial charge in [-0.1, -0.05) is 39.5 Å². The van der Waals surface area contributed by atoms with Crippen LogP contribution in [-0.2, 0) is 0 Å². The second-order valence-corrected chi connectivity index (χ2v) is 3.28. The topological polar surface area (TPSA) is 24.7 Å². The highest BCUT2D eigenvalue weighted by Gasteiger charge is 1.82. The summed E-state index contributed by atoms with van der Waals surface area (Å²) in [6.07, 6.45) is 7.39. The standard InChI is InChI=1S/C11H22N2/c1-3-5-7-9-12-11-13-10-8-6-4-2/h3-10H2,1-2H3. The van der Waals surface area contributed by atoms with Gasteiger partial charge >= 0.3 is 0 Å². The average molecular weight is 182 g/mol. The van der Waals surface area contributed by atoms with Gasteiger partial charge in [-0.3, -0.25) is 0 Å². The molecule has 0 aromatic rings. The van der Waals surface area contributed by atoms with Gasteiger partial charge in [0, 0.05) is 13.1 Å². The van der Waals surface area contributed by atoms with Gasteiger partial charge < -0.3 is 0 Å². The number of aliphatic imine (C=N–C) groups is 2. The zero-order valence-electron chi connectivity index (χ0n) is 9.05. The number of hydrogen-bond donors (Lipinski definition) is 0. The summed E-state index contributed by atoms with van der Waals surface area (Å²) in [6.45, 7) is 6.18. The first-order valence-corrected chi connectivity index (χ1v) is 5.49. The molecule has 0 atom stereocenters. The summed E-state index contributed by atoms with van der Waals surface area (Å²) in [7, 11) is 0. The second-order valence-electron chi connectivity index (χ2n) is 3.28. The van der Waals surface area contributed by atoms with Gasteiger partial charge in [0.05, 0.1) is 6.01 Å². The molecule has 13 heavy (non-hydrogen) atoms. The third-order valence-electron chi connectivity index (χ3n) is 1.89. The maximum Gasteiger partial charge on any atom is 0.0892 e. The van der Waals surface area contributed by atoms with Crippen LogP contribution in [0.25, 0.3) is 0 Å². The van der Waals surface area contributed by atoms with Crippen molar-refractivity contribution in [2.24, 2.45) is 9.98 Å². The first kappa shape index (κ1) is 12.4. The predicted molar refractivity (Wildman–Crippen MR) is 58.6 cm³/mol. The molecule has 0 unspecified atom stereocenters. The summed E-state index contributed by atoms with van der Waals surface area (Å²) in [5, 5.41) is 0. The number of rotatable bonds is 8. The minimum absolute atomic E-state index is 0.894. The van der Waals surface area contributed by atoms with Crippen LogP contribution in [0.1, 0.15) is 52.4 Å². The second kappa shape index (κ2) is 11.4. The highest BCUT2D eigenvalue weighted by atomic mass is 14.8. The third kappa shape index (κ3) is 11.4. The molecule has 0 fully saturated rings. The van der Waals surface area contributed by atoms with E-state index < -0.39 is 0 Å². The molecule has 0 aliphatic rings. The molecule has 0 heterocycles. The van der Waals surface area contributed by atoms with Gasteiger partial charge in [-0.25, -0.2) is 9.98 Å². The van der Waals surface area contributed by atoms with Crippen LogP contribution < -0.4 is 0 Å². The lowest BCUT2D eigenvalue weighted by atomic mass is 10.2. The predicted octanol–water partition coefficient (Wildman–Crippen LogP) is 3.54. The zero-order chi connectivity index (χ0) is 9.78. The SMILES string of the molecule is CCCCCN=C=NCCCCC. The Hall–Kier alpha value is -0.620. The normalized spacial score (nSPS) is 9.38. The number of unbranched alkanes of at least 4 members (excludes halogenated alkanes) is 4. The van der Waals surface area contributed by atoms with Crippen LogP contribution in [0.5, 0.6) is 0 Å². The summed E-state index contributed by atoms with van der Waals surface area (Å²) in [5.41, 5.74) is 0. The van der Waals surface area contributed by atoms with Crippen LogP contribution in [0.3, 0.4) is 0 Å². The molecule has 0 saturated carbocycles. The van der Waals surface area contributed by atoms with Crippen molar-refractivity contribution < 1.29 is 0 Å². The van der Waals surface area contributed by atoms with Crippen molar-refractivity contribution in [3.05, 3.63) is 0 Å². The maximum absolute atomic E-state index is 4.09. The van der Waals surface area contributed by atoms with E-state index in [1.54, 1.807) is 0 Å². The van der Waals surface area contributed by atoms with E-state index in [9.17, 15) is 0 Å². The Labute approximate surface area is 82.2 Å². The highest BCUT2D eigenvalue weighted by Crippen LogP contribution is 1.93. The van der Waals surface area contributed by atoms with Gasteiger partial charge in [0.15, 0.2) is 0 Å². The van der Waals surface area contributed by atoms with E-state index in [4.69, 9.17) is 0 Å². The van der Waals surface area contributed by atoms with E-state index in [1.165, 1.54) is 38.5 Å². The van der Waals surface area contributed by atoms with E-state index in [0.717, 1.165) is 13.1 Å². The summed E-state index contributed by atoms with van der Waals surface area (Å²) < 4.78 is 0. The first-order valence-electron chi connectivity index (χ1n) is 5.49. The van der Waals surface area contributed by atoms with Gasteiger partial charge in [-0.05, 0) is 12.8 Å². The van der Waals surface area contributed by atoms with Gasteiger partial charge in [0.1, 0.15) is 0 Å². The van der Waals surface area contributed by atoms with Crippen LogP contribution in [0.15, 0.2) is 9.98 Å². The van der Waals surface area contributed by atoms with Crippen molar-refractivity contribution in [2.75, 3.05) is 13.1 Å². The Balaban J connectivity index is 3.16. The minimum atomic E-state index is 0.894. The van der Waals surface area contributed by atoms with Crippen LogP contribution in [0.4, 0.5) is 0 Å². The number of nitrogens with zero attached hydrogens (tertiary/aromatic N) is 2. The molecule has 0 aliphatic carbocycles. The fourth-order valence-electron chi connectivity index (χ4n) is 1.03. The maximum atomic E-state index is 4.09. The molecule has 0 aromatic carbocycles. The van der Waals surface area contributed by atoms with E-state index in [0.29, 0.717) is 0 Å². The zero-order valence-corrected chi connectivity index (χ0v) is 9.05. The van der Waals surface area contributed by atoms with Gasteiger partial charge in [-0.15, -0.1) is 0 Å². The van der Waals surface area contributed by atoms with Crippen molar-refractivity contribution in [3.8, 4) is 0 Å². The summed E-state index contributed by atoms with van der Waals surface area (Å²) in [4.78, 5) is 8.18. The molecule has 0 bridgehead atoms. The Bertz CT molecular complexity index is 132. The molecule has 0 rings (SSSR count). The Morgan fingerprint density at radius 2 is 1.23 bits per heavy atom. The molecule has 0 aromatic heterocycles. The number of hydrogen-bond acceptors (Lipinski definition) is 2. The molecule has 2 nitrogen and oxygen atoms in total. The van der Waals surface area contributed by atoms with Crippen molar-refractivity contribution >= 4 is 6.01 Å². The molecule has 0 radical (unpaired) electrons. The largest absolute Gasteiger partial charge is 0.226 e. The lowest BCUT2D eigenvalue weighted by Crippen LogP contribution is -1.81. The molecular weight excluding hydrogens is 160 g/mol. The Morgan fingerprint density at radius 3 is 1.62 bits per heavy atom. The quantitative estimate of drug-likeness (QED) is 0.405. The molecule has 2 heteroatoms. The van der Waals surface area contributed by atoms with Crippen molar-refractivity contribution in [2.45, 2.75) is 52.4 Å². The van der Waals surface area contributed by atoms with Crippen molar-refractivity contribution in [3.63, 3.8) is 0 Å². The van der Waals surface area contributed by atoms with Gasteiger partial charge in [-0.2, -0.15) is 0 Å². The van der Waals surface area contributed by atoms with E-state index >= 15 is 0 Å². The monoisotopic (exact) mass is 182 g/mol. The van der Waals surface area contributed by atoms with Crippen LogP contribution in [0.2, 0.25) is 0 Å². The van der Waals surface area contributed by atoms with E-state index in [-0.39, 0.29) is 0 Å². The molecule has 0 amide bonds. The summed E-state index contributed by atoms with van der Waals surface area (Å²) in [6, 6.07) is 2.75. The summed E-state index contributed by atoms with van der Waals surface area (Å²) >= 11 is 0. The van der Waals surface area contributed by atoms with E-state index in [2.05, 4.69) is 29.8 Å². The molecule has 76 valence electrons. The molecular formula is C11H22N2. The molecule has 0 aliphatic heterocycles. The third-order valence-corrected chi connectivity index (χ3v) is 1.89. The molecule has 0 spiro atoms. The highest BCUT2D eigenvalue weighted by molar-refractivity contribution is 5.40. The Morgan fingerprint density at radius 1 is 0.769 bits per heavy atom. The molecule has 0 N–H and O–H groups in total. The summed E-state index contributed by atoms with van der Waals surface area (Å²) in [5.74, 6) is 0. The smallest absolute Gasteiger partial charge is 0.0892 e. The lowest BCUT2D eigenvalue weighted by Gasteiger charge is -1.89.